The third-order valence-corrected chi connectivity index (χ3v) is 2.89. The van der Waals surface area contributed by atoms with Crippen LogP contribution in [0.3, 0.4) is 0 Å². The fourth-order valence-electron chi connectivity index (χ4n) is 1.01. The summed E-state index contributed by atoms with van der Waals surface area (Å²) in [6.45, 7) is 3.19. The third kappa shape index (κ3) is 1.91. The van der Waals surface area contributed by atoms with Crippen LogP contribution in [0.5, 0.6) is 0 Å². The normalized spacial score (nSPS) is 14.2. The van der Waals surface area contributed by atoms with Crippen molar-refractivity contribution in [2.45, 2.75) is 18.0 Å². The van der Waals surface area contributed by atoms with Crippen molar-refractivity contribution in [3.63, 3.8) is 0 Å². The van der Waals surface area contributed by atoms with E-state index in [9.17, 15) is 26.3 Å². The smallest absolute Gasteiger partial charge is 0.369 e. The number of hydrogen-bond acceptors (Lipinski definition) is 2. The minimum atomic E-state index is -5.83. The van der Waals surface area contributed by atoms with Gasteiger partial charge >= 0.3 is 12.4 Å². The number of rotatable bonds is 1. The Labute approximate surface area is 90.3 Å². The van der Waals surface area contributed by atoms with Gasteiger partial charge in [-0.1, -0.05) is 0 Å². The fourth-order valence-corrected chi connectivity index (χ4v) is 1.95. The predicted octanol–water partition coefficient (Wildman–Crippen LogP) is 3.24. The van der Waals surface area contributed by atoms with Crippen molar-refractivity contribution in [2.24, 2.45) is 0 Å². The Bertz CT molecular complexity index is 363. The molecular weight excluding hydrogens is 258 g/mol. The lowest BCUT2D eigenvalue weighted by Crippen LogP contribution is -2.53. The minimum absolute atomic E-state index is 0.00178. The highest BCUT2D eigenvalue weighted by Gasteiger charge is 2.72. The lowest BCUT2D eigenvalue weighted by molar-refractivity contribution is -0.374. The first-order valence-corrected chi connectivity index (χ1v) is 4.60. The summed E-state index contributed by atoms with van der Waals surface area (Å²) in [5, 5.41) is 8.90. The minimum Gasteiger partial charge on any atom is -0.369 e. The molecule has 0 spiro atoms. The molecule has 1 radical (unpaired) electrons. The summed E-state index contributed by atoms with van der Waals surface area (Å²) >= 11 is 0.147. The fraction of sp³-hybridized carbons (Fsp3) is 0.375. The van der Waals surface area contributed by atoms with E-state index in [1.165, 1.54) is 0 Å². The van der Waals surface area contributed by atoms with Gasteiger partial charge in [0.15, 0.2) is 0 Å². The quantitative estimate of drug-likeness (QED) is 0.771. The Morgan fingerprint density at radius 2 is 1.44 bits per heavy atom. The van der Waals surface area contributed by atoms with Crippen LogP contribution in [0, 0.1) is 6.92 Å². The second kappa shape index (κ2) is 3.63. The summed E-state index contributed by atoms with van der Waals surface area (Å²) in [7, 11) is 0. The summed E-state index contributed by atoms with van der Waals surface area (Å²) in [5.41, 5.74) is -4.83. The van der Waals surface area contributed by atoms with Crippen LogP contribution >= 0.6 is 11.3 Å². The van der Waals surface area contributed by atoms with Crippen LogP contribution in [-0.2, 0) is 5.60 Å². The van der Waals surface area contributed by atoms with Gasteiger partial charge in [-0.15, -0.1) is 11.3 Å². The van der Waals surface area contributed by atoms with Gasteiger partial charge in [0.25, 0.3) is 5.60 Å². The van der Waals surface area contributed by atoms with E-state index in [-0.39, 0.29) is 16.2 Å². The molecule has 8 heteroatoms. The SMILES string of the molecule is [CH2]c1ccc(C(O)(C(F)(F)F)C(F)(F)F)s1. The molecule has 0 aliphatic heterocycles. The Balaban J connectivity index is 3.38. The van der Waals surface area contributed by atoms with E-state index in [1.54, 1.807) is 0 Å². The standard InChI is InChI=1S/C8H5F6OS/c1-4-2-3-5(16-4)6(15,7(9,10)11)8(12,13)14/h2-3,15H,1H2. The molecular formula is C8H5F6OS. The van der Waals surface area contributed by atoms with Crippen molar-refractivity contribution in [3.05, 3.63) is 28.8 Å². The highest BCUT2D eigenvalue weighted by Crippen LogP contribution is 2.51. The zero-order valence-electron chi connectivity index (χ0n) is 7.49. The van der Waals surface area contributed by atoms with Crippen LogP contribution in [0.1, 0.15) is 9.75 Å². The van der Waals surface area contributed by atoms with Crippen LogP contribution < -0.4 is 0 Å². The van der Waals surface area contributed by atoms with Crippen molar-refractivity contribution in [1.29, 1.82) is 0 Å². The molecule has 16 heavy (non-hydrogen) atoms. The van der Waals surface area contributed by atoms with Crippen LogP contribution in [-0.4, -0.2) is 17.5 Å². The molecule has 0 fully saturated rings. The molecule has 0 saturated heterocycles. The summed E-state index contributed by atoms with van der Waals surface area (Å²) in [5.74, 6) is 0. The van der Waals surface area contributed by atoms with Gasteiger partial charge in [0.05, 0.1) is 4.88 Å². The van der Waals surface area contributed by atoms with Gasteiger partial charge in [0.1, 0.15) is 0 Å². The van der Waals surface area contributed by atoms with Crippen molar-refractivity contribution in [3.8, 4) is 0 Å². The largest absolute Gasteiger partial charge is 0.431 e. The van der Waals surface area contributed by atoms with Gasteiger partial charge in [-0.05, 0) is 19.1 Å². The van der Waals surface area contributed by atoms with E-state index in [0.717, 1.165) is 6.07 Å². The molecule has 1 heterocycles. The van der Waals surface area contributed by atoms with Crippen molar-refractivity contribution in [2.75, 3.05) is 0 Å². The molecule has 0 aliphatic carbocycles. The number of alkyl halides is 6. The number of hydrogen-bond donors (Lipinski definition) is 1. The van der Waals surface area contributed by atoms with Crippen LogP contribution in [0.2, 0.25) is 0 Å². The Morgan fingerprint density at radius 1 is 1.00 bits per heavy atom. The molecule has 0 saturated carbocycles. The summed E-state index contributed by atoms with van der Waals surface area (Å²) in [6.07, 6.45) is -11.7. The average molecular weight is 263 g/mol. The Hall–Kier alpha value is -0.760. The molecule has 0 aromatic carbocycles. The first-order chi connectivity index (χ1) is 7.00. The monoisotopic (exact) mass is 263 g/mol. The van der Waals surface area contributed by atoms with Gasteiger partial charge < -0.3 is 5.11 Å². The zero-order chi connectivity index (χ0) is 12.8. The molecule has 1 N–H and O–H groups in total. The first kappa shape index (κ1) is 13.3. The molecule has 0 unspecified atom stereocenters. The maximum Gasteiger partial charge on any atom is 0.431 e. The highest BCUT2D eigenvalue weighted by molar-refractivity contribution is 7.12. The predicted molar refractivity (Wildman–Crippen MR) is 44.8 cm³/mol. The molecule has 0 amide bonds. The summed E-state index contributed by atoms with van der Waals surface area (Å²) in [4.78, 5) is -1.24. The summed E-state index contributed by atoms with van der Waals surface area (Å²) < 4.78 is 73.9. The third-order valence-electron chi connectivity index (χ3n) is 1.84. The number of thiophene rings is 1. The van der Waals surface area contributed by atoms with E-state index >= 15 is 0 Å². The lowest BCUT2D eigenvalue weighted by atomic mass is 10.0. The number of halogens is 6. The second-order valence-corrected chi connectivity index (χ2v) is 4.14. The van der Waals surface area contributed by atoms with Crippen LogP contribution in [0.4, 0.5) is 26.3 Å². The van der Waals surface area contributed by atoms with Gasteiger partial charge in [-0.2, -0.15) is 26.3 Å². The number of aliphatic hydroxyl groups is 1. The van der Waals surface area contributed by atoms with Crippen molar-refractivity contribution >= 4 is 11.3 Å². The van der Waals surface area contributed by atoms with E-state index in [1.807, 2.05) is 0 Å². The van der Waals surface area contributed by atoms with Gasteiger partial charge in [0.2, 0.25) is 0 Å². The first-order valence-electron chi connectivity index (χ1n) is 3.78. The maximum absolute atomic E-state index is 12.3. The van der Waals surface area contributed by atoms with Crippen LogP contribution in [0.25, 0.3) is 0 Å². The van der Waals surface area contributed by atoms with E-state index < -0.39 is 22.8 Å². The molecule has 1 aromatic rings. The molecule has 1 nitrogen and oxygen atoms in total. The topological polar surface area (TPSA) is 20.2 Å². The molecule has 1 aromatic heterocycles. The van der Waals surface area contributed by atoms with Crippen molar-refractivity contribution in [1.82, 2.24) is 0 Å². The van der Waals surface area contributed by atoms with Gasteiger partial charge in [-0.25, -0.2) is 0 Å². The van der Waals surface area contributed by atoms with Crippen LogP contribution in [0.15, 0.2) is 12.1 Å². The summed E-state index contributed by atoms with van der Waals surface area (Å²) in [6, 6.07) is 1.54. The second-order valence-electron chi connectivity index (χ2n) is 2.97. The molecule has 91 valence electrons. The van der Waals surface area contributed by atoms with Crippen molar-refractivity contribution < 1.29 is 31.4 Å². The Kier molecular flexibility index (Phi) is 3.01. The van der Waals surface area contributed by atoms with E-state index in [0.29, 0.717) is 6.07 Å². The molecule has 0 atom stereocenters. The van der Waals surface area contributed by atoms with Gasteiger partial charge in [0, 0.05) is 4.88 Å². The zero-order valence-corrected chi connectivity index (χ0v) is 8.30. The molecule has 1 rings (SSSR count). The molecule has 0 bridgehead atoms. The lowest BCUT2D eigenvalue weighted by Gasteiger charge is -2.31. The average Bonchev–Trinajstić information content (AvgIpc) is 2.46. The maximum atomic E-state index is 12.3. The Morgan fingerprint density at radius 3 is 1.69 bits per heavy atom. The van der Waals surface area contributed by atoms with E-state index in [2.05, 4.69) is 6.92 Å². The highest BCUT2D eigenvalue weighted by atomic mass is 32.1. The van der Waals surface area contributed by atoms with E-state index in [4.69, 9.17) is 5.11 Å². The molecule has 0 aliphatic rings. The van der Waals surface area contributed by atoms with Gasteiger partial charge in [-0.3, -0.25) is 0 Å².